The van der Waals surface area contributed by atoms with Crippen LogP contribution in [-0.4, -0.2) is 20.9 Å². The fraction of sp³-hybridized carbons (Fsp3) is 0.214. The van der Waals surface area contributed by atoms with Crippen LogP contribution in [0.2, 0.25) is 0 Å². The summed E-state index contributed by atoms with van der Waals surface area (Å²) >= 11 is 4.30. The van der Waals surface area contributed by atoms with Gasteiger partial charge < -0.3 is 5.32 Å². The summed E-state index contributed by atoms with van der Waals surface area (Å²) in [6, 6.07) is 10.6. The number of anilines is 1. The number of halogens is 1. The van der Waals surface area contributed by atoms with Crippen molar-refractivity contribution in [2.24, 2.45) is 0 Å². The van der Waals surface area contributed by atoms with Crippen molar-refractivity contribution in [3.63, 3.8) is 0 Å². The maximum Gasteiger partial charge on any atom is 0.250 e. The van der Waals surface area contributed by atoms with Crippen molar-refractivity contribution in [3.05, 3.63) is 45.7 Å². The summed E-state index contributed by atoms with van der Waals surface area (Å²) in [6.07, 6.45) is 0.865. The molecule has 5 nitrogen and oxygen atoms in total. The lowest BCUT2D eigenvalue weighted by Gasteiger charge is -2.08. The predicted molar refractivity (Wildman–Crippen MR) is 91.7 cm³/mol. The molecule has 118 valence electrons. The third-order valence-corrected chi connectivity index (χ3v) is 6.37. The van der Waals surface area contributed by atoms with E-state index in [9.17, 15) is 13.2 Å². The summed E-state index contributed by atoms with van der Waals surface area (Å²) in [6.45, 7) is 1.71. The van der Waals surface area contributed by atoms with Crippen LogP contribution in [0.3, 0.4) is 0 Å². The molecule has 1 aromatic carbocycles. The molecular weight excluding hydrogens is 388 g/mol. The number of aryl methyl sites for hydroxylation is 1. The lowest BCUT2D eigenvalue weighted by atomic mass is 10.1. The maximum absolute atomic E-state index is 12.0. The second kappa shape index (κ2) is 7.36. The number of carbonyl (C=O) groups is 1. The molecule has 2 N–H and O–H groups in total. The van der Waals surface area contributed by atoms with E-state index in [1.807, 2.05) is 25.1 Å². The Morgan fingerprint density at radius 3 is 2.68 bits per heavy atom. The van der Waals surface area contributed by atoms with E-state index < -0.39 is 15.9 Å². The van der Waals surface area contributed by atoms with Gasteiger partial charge in [0, 0.05) is 5.69 Å². The highest BCUT2D eigenvalue weighted by atomic mass is 79.9. The van der Waals surface area contributed by atoms with Crippen molar-refractivity contribution in [2.45, 2.75) is 17.6 Å². The number of benzene rings is 1. The minimum Gasteiger partial charge on any atom is -0.325 e. The van der Waals surface area contributed by atoms with E-state index in [0.29, 0.717) is 9.47 Å². The second-order valence-electron chi connectivity index (χ2n) is 4.49. The van der Waals surface area contributed by atoms with Crippen molar-refractivity contribution in [2.75, 3.05) is 11.9 Å². The quantitative estimate of drug-likeness (QED) is 0.779. The number of sulfonamides is 1. The van der Waals surface area contributed by atoms with Gasteiger partial charge in [-0.15, -0.1) is 11.3 Å². The highest BCUT2D eigenvalue weighted by Crippen LogP contribution is 2.25. The Balaban J connectivity index is 1.95. The molecule has 2 aromatic rings. The zero-order chi connectivity index (χ0) is 16.2. The van der Waals surface area contributed by atoms with Crippen LogP contribution in [0.4, 0.5) is 5.69 Å². The normalized spacial score (nSPS) is 11.4. The molecule has 0 saturated heterocycles. The Kier molecular flexibility index (Phi) is 5.74. The molecule has 0 bridgehead atoms. The van der Waals surface area contributed by atoms with Crippen molar-refractivity contribution >= 4 is 48.9 Å². The molecule has 0 aliphatic heterocycles. The third kappa shape index (κ3) is 4.64. The van der Waals surface area contributed by atoms with Gasteiger partial charge in [0.25, 0.3) is 10.0 Å². The number of nitrogens with one attached hydrogen (secondary N) is 2. The van der Waals surface area contributed by atoms with E-state index in [1.54, 1.807) is 12.1 Å². The summed E-state index contributed by atoms with van der Waals surface area (Å²) in [5.74, 6) is -0.410. The zero-order valence-corrected chi connectivity index (χ0v) is 15.0. The average molecular weight is 403 g/mol. The van der Waals surface area contributed by atoms with Crippen molar-refractivity contribution in [3.8, 4) is 0 Å². The van der Waals surface area contributed by atoms with Crippen molar-refractivity contribution in [1.29, 1.82) is 0 Å². The Morgan fingerprint density at radius 2 is 2.05 bits per heavy atom. The molecule has 0 radical (unpaired) electrons. The number of amides is 1. The molecule has 1 aromatic heterocycles. The number of thiophene rings is 1. The van der Waals surface area contributed by atoms with Gasteiger partial charge in [0.05, 0.1) is 10.3 Å². The smallest absolute Gasteiger partial charge is 0.250 e. The summed E-state index contributed by atoms with van der Waals surface area (Å²) in [4.78, 5) is 11.9. The van der Waals surface area contributed by atoms with Gasteiger partial charge in [0.15, 0.2) is 0 Å². The summed E-state index contributed by atoms with van der Waals surface area (Å²) in [5, 5.41) is 2.67. The van der Waals surface area contributed by atoms with Gasteiger partial charge in [-0.2, -0.15) is 0 Å². The minimum absolute atomic E-state index is 0.167. The van der Waals surface area contributed by atoms with Crippen molar-refractivity contribution in [1.82, 2.24) is 4.72 Å². The summed E-state index contributed by atoms with van der Waals surface area (Å²) in [5.41, 5.74) is 1.75. The first-order valence-electron chi connectivity index (χ1n) is 6.54. The number of rotatable bonds is 6. The largest absolute Gasteiger partial charge is 0.325 e. The molecular formula is C14H15BrN2O3S2. The van der Waals surface area contributed by atoms with Gasteiger partial charge >= 0.3 is 0 Å². The number of hydrogen-bond donors (Lipinski definition) is 2. The van der Waals surface area contributed by atoms with Crippen LogP contribution in [-0.2, 0) is 21.2 Å². The Hall–Kier alpha value is -1.22. The van der Waals surface area contributed by atoms with Gasteiger partial charge in [-0.3, -0.25) is 4.79 Å². The zero-order valence-electron chi connectivity index (χ0n) is 11.8. The molecule has 22 heavy (non-hydrogen) atoms. The molecule has 0 spiro atoms. The van der Waals surface area contributed by atoms with Gasteiger partial charge in [-0.25, -0.2) is 13.1 Å². The Bertz CT molecular complexity index is 772. The van der Waals surface area contributed by atoms with Crippen LogP contribution in [0.5, 0.6) is 0 Å². The fourth-order valence-electron chi connectivity index (χ4n) is 1.75. The van der Waals surface area contributed by atoms with Crippen molar-refractivity contribution < 1.29 is 13.2 Å². The topological polar surface area (TPSA) is 75.3 Å². The predicted octanol–water partition coefficient (Wildman–Crippen LogP) is 2.99. The van der Waals surface area contributed by atoms with Crippen LogP contribution >= 0.6 is 27.3 Å². The number of carbonyl (C=O) groups excluding carboxylic acids is 1. The maximum atomic E-state index is 12.0. The molecule has 2 rings (SSSR count). The monoisotopic (exact) mass is 402 g/mol. The van der Waals surface area contributed by atoms with Crippen LogP contribution in [0.25, 0.3) is 0 Å². The average Bonchev–Trinajstić information content (AvgIpc) is 2.93. The summed E-state index contributed by atoms with van der Waals surface area (Å²) < 4.78 is 27.2. The molecule has 0 saturated carbocycles. The lowest BCUT2D eigenvalue weighted by Crippen LogP contribution is -2.32. The highest BCUT2D eigenvalue weighted by molar-refractivity contribution is 9.11. The molecule has 0 fully saturated rings. The molecule has 0 aliphatic carbocycles. The molecule has 0 aliphatic rings. The van der Waals surface area contributed by atoms with Gasteiger partial charge in [0.1, 0.15) is 4.21 Å². The van der Waals surface area contributed by atoms with Gasteiger partial charge in [-0.05, 0) is 52.2 Å². The van der Waals surface area contributed by atoms with Crippen LogP contribution in [0, 0.1) is 0 Å². The minimum atomic E-state index is -3.66. The van der Waals surface area contributed by atoms with Crippen LogP contribution < -0.4 is 10.0 Å². The summed E-state index contributed by atoms with van der Waals surface area (Å²) in [7, 11) is -3.66. The van der Waals surface area contributed by atoms with E-state index in [1.165, 1.54) is 6.07 Å². The lowest BCUT2D eigenvalue weighted by molar-refractivity contribution is -0.115. The first-order chi connectivity index (χ1) is 10.4. The molecule has 1 heterocycles. The molecule has 0 unspecified atom stereocenters. The van der Waals surface area contributed by atoms with E-state index >= 15 is 0 Å². The SMILES string of the molecule is CCc1cccc(NC(=O)CNS(=O)(=O)c2ccc(Br)s2)c1. The highest BCUT2D eigenvalue weighted by Gasteiger charge is 2.17. The molecule has 8 heteroatoms. The first-order valence-corrected chi connectivity index (χ1v) is 9.64. The third-order valence-electron chi connectivity index (χ3n) is 2.86. The van der Waals surface area contributed by atoms with E-state index in [0.717, 1.165) is 23.3 Å². The fourth-order valence-corrected chi connectivity index (χ4v) is 4.78. The van der Waals surface area contributed by atoms with Gasteiger partial charge in [0.2, 0.25) is 5.91 Å². The molecule has 0 atom stereocenters. The Labute approximate surface area is 141 Å². The van der Waals surface area contributed by atoms with Crippen LogP contribution in [0.15, 0.2) is 44.4 Å². The molecule has 1 amide bonds. The first kappa shape index (κ1) is 17.1. The van der Waals surface area contributed by atoms with Gasteiger partial charge in [-0.1, -0.05) is 19.1 Å². The van der Waals surface area contributed by atoms with E-state index in [4.69, 9.17) is 0 Å². The Morgan fingerprint density at radius 1 is 1.27 bits per heavy atom. The van der Waals surface area contributed by atoms with Crippen LogP contribution in [0.1, 0.15) is 12.5 Å². The van der Waals surface area contributed by atoms with E-state index in [2.05, 4.69) is 26.0 Å². The van der Waals surface area contributed by atoms with E-state index in [-0.39, 0.29) is 10.8 Å². The number of hydrogen-bond acceptors (Lipinski definition) is 4. The second-order valence-corrected chi connectivity index (χ2v) is 8.94. The standard InChI is InChI=1S/C14H15BrN2O3S2/c1-2-10-4-3-5-11(8-10)17-13(18)9-16-22(19,20)14-7-6-12(15)21-14/h3-8,16H,2,9H2,1H3,(H,17,18).